The maximum absolute atomic E-state index is 12.0. The van der Waals surface area contributed by atoms with E-state index in [0.717, 1.165) is 18.8 Å². The molecule has 1 heterocycles. The number of nitrogens with one attached hydrogen (secondary N) is 2. The number of halogens is 1. The zero-order valence-corrected chi connectivity index (χ0v) is 15.0. The lowest BCUT2D eigenvalue weighted by Crippen LogP contribution is -2.43. The Morgan fingerprint density at radius 3 is 2.59 bits per heavy atom. The molecule has 0 aromatic heterocycles. The van der Waals surface area contributed by atoms with Crippen molar-refractivity contribution in [1.29, 1.82) is 0 Å². The van der Waals surface area contributed by atoms with Gasteiger partial charge in [0.15, 0.2) is 0 Å². The van der Waals surface area contributed by atoms with Gasteiger partial charge in [0, 0.05) is 34.3 Å². The first-order valence-electron chi connectivity index (χ1n) is 7.32. The Morgan fingerprint density at radius 2 is 2.05 bits per heavy atom. The smallest absolute Gasteiger partial charge is 0.226 e. The van der Waals surface area contributed by atoms with Crippen LogP contribution < -0.4 is 10.6 Å². The molecule has 0 saturated carbocycles. The van der Waals surface area contributed by atoms with Crippen molar-refractivity contribution < 1.29 is 9.53 Å². The predicted molar refractivity (Wildman–Crippen MR) is 95.2 cm³/mol. The fourth-order valence-electron chi connectivity index (χ4n) is 2.15. The first-order chi connectivity index (χ1) is 9.92. The zero-order valence-electron chi connectivity index (χ0n) is 13.3. The summed E-state index contributed by atoms with van der Waals surface area (Å²) in [6, 6.07) is 8.13. The van der Waals surface area contributed by atoms with Crippen molar-refractivity contribution in [1.82, 2.24) is 5.32 Å². The number of ether oxygens (including phenoxy) is 1. The van der Waals surface area contributed by atoms with Gasteiger partial charge in [-0.3, -0.25) is 4.79 Å². The molecule has 4 nitrogen and oxygen atoms in total. The molecule has 1 amide bonds. The van der Waals surface area contributed by atoms with Gasteiger partial charge < -0.3 is 15.4 Å². The second-order valence-electron chi connectivity index (χ2n) is 6.22. The van der Waals surface area contributed by atoms with Gasteiger partial charge >= 0.3 is 0 Å². The molecule has 6 heteroatoms. The second kappa shape index (κ2) is 8.77. The van der Waals surface area contributed by atoms with Gasteiger partial charge in [0.1, 0.15) is 0 Å². The van der Waals surface area contributed by atoms with Crippen LogP contribution in [0, 0.1) is 0 Å². The molecule has 1 fully saturated rings. The molecule has 0 radical (unpaired) electrons. The van der Waals surface area contributed by atoms with Crippen LogP contribution in [0.2, 0.25) is 0 Å². The highest BCUT2D eigenvalue weighted by Crippen LogP contribution is 2.32. The summed E-state index contributed by atoms with van der Waals surface area (Å²) in [7, 11) is 0. The summed E-state index contributed by atoms with van der Waals surface area (Å²) in [6.07, 6.45) is 0.443. The van der Waals surface area contributed by atoms with Crippen LogP contribution >= 0.6 is 24.2 Å². The van der Waals surface area contributed by atoms with Crippen LogP contribution in [-0.2, 0) is 9.53 Å². The topological polar surface area (TPSA) is 50.4 Å². The van der Waals surface area contributed by atoms with Gasteiger partial charge in [-0.15, -0.1) is 24.2 Å². The first-order valence-corrected chi connectivity index (χ1v) is 8.14. The van der Waals surface area contributed by atoms with Gasteiger partial charge in [0.05, 0.1) is 13.2 Å². The molecule has 22 heavy (non-hydrogen) atoms. The van der Waals surface area contributed by atoms with Crippen LogP contribution in [0.3, 0.4) is 0 Å². The molecule has 1 unspecified atom stereocenters. The Morgan fingerprint density at radius 1 is 1.36 bits per heavy atom. The molecule has 2 N–H and O–H groups in total. The fraction of sp³-hybridized carbons (Fsp3) is 0.562. The highest BCUT2D eigenvalue weighted by Gasteiger charge is 2.17. The largest absolute Gasteiger partial charge is 0.378 e. The van der Waals surface area contributed by atoms with Crippen molar-refractivity contribution in [2.24, 2.45) is 0 Å². The van der Waals surface area contributed by atoms with Crippen LogP contribution in [-0.4, -0.2) is 36.5 Å². The average Bonchev–Trinajstić information content (AvgIpc) is 2.40. The molecule has 0 bridgehead atoms. The van der Waals surface area contributed by atoms with Gasteiger partial charge in [0.2, 0.25) is 5.91 Å². The van der Waals surface area contributed by atoms with E-state index in [-0.39, 0.29) is 29.1 Å². The summed E-state index contributed by atoms with van der Waals surface area (Å²) in [5.74, 6) is 0.0224. The lowest BCUT2D eigenvalue weighted by Gasteiger charge is -2.23. The third kappa shape index (κ3) is 7.01. The number of thioether (sulfide) groups is 1. The molecule has 2 rings (SSSR count). The summed E-state index contributed by atoms with van der Waals surface area (Å²) in [5.41, 5.74) is 0.843. The highest BCUT2D eigenvalue weighted by molar-refractivity contribution is 8.00. The van der Waals surface area contributed by atoms with Crippen LogP contribution in [0.25, 0.3) is 0 Å². The number of hydrogen-bond donors (Lipinski definition) is 2. The zero-order chi connectivity index (χ0) is 15.3. The van der Waals surface area contributed by atoms with Gasteiger partial charge in [-0.1, -0.05) is 20.8 Å². The minimum Gasteiger partial charge on any atom is -0.378 e. The molecule has 124 valence electrons. The molecule has 1 aromatic carbocycles. The van der Waals surface area contributed by atoms with Crippen LogP contribution in [0.4, 0.5) is 5.69 Å². The summed E-state index contributed by atoms with van der Waals surface area (Å²) in [6.45, 7) is 8.71. The molecular formula is C16H25ClN2O2S. The number of benzene rings is 1. The minimum atomic E-state index is 0. The Hall–Kier alpha value is -0.750. The van der Waals surface area contributed by atoms with Crippen LogP contribution in [0.15, 0.2) is 29.2 Å². The van der Waals surface area contributed by atoms with Gasteiger partial charge in [-0.25, -0.2) is 0 Å². The number of carbonyl (C=O) groups is 1. The Balaban J connectivity index is 0.00000242. The number of rotatable bonds is 4. The SMILES string of the molecule is CC(C)(C)Sc1ccc(NC(=O)CC2COCCN2)cc1.Cl. The fourth-order valence-corrected chi connectivity index (χ4v) is 3.13. The van der Waals surface area contributed by atoms with E-state index >= 15 is 0 Å². The Labute approximate surface area is 143 Å². The lowest BCUT2D eigenvalue weighted by atomic mass is 10.2. The molecule has 1 saturated heterocycles. The van der Waals surface area contributed by atoms with Gasteiger partial charge in [-0.05, 0) is 24.3 Å². The number of amides is 1. The van der Waals surface area contributed by atoms with E-state index in [1.165, 1.54) is 4.90 Å². The van der Waals surface area contributed by atoms with E-state index in [2.05, 4.69) is 31.4 Å². The van der Waals surface area contributed by atoms with E-state index in [4.69, 9.17) is 4.74 Å². The van der Waals surface area contributed by atoms with E-state index in [9.17, 15) is 4.79 Å². The maximum Gasteiger partial charge on any atom is 0.226 e. The van der Waals surface area contributed by atoms with Crippen molar-refractivity contribution in [2.75, 3.05) is 25.1 Å². The molecule has 1 aromatic rings. The van der Waals surface area contributed by atoms with Crippen molar-refractivity contribution in [3.05, 3.63) is 24.3 Å². The summed E-state index contributed by atoms with van der Waals surface area (Å²) in [5, 5.41) is 6.22. The second-order valence-corrected chi connectivity index (χ2v) is 8.12. The van der Waals surface area contributed by atoms with Crippen LogP contribution in [0.1, 0.15) is 27.2 Å². The van der Waals surface area contributed by atoms with Crippen molar-refractivity contribution in [3.8, 4) is 0 Å². The normalized spacial score (nSPS) is 18.4. The molecular weight excluding hydrogens is 320 g/mol. The number of hydrogen-bond acceptors (Lipinski definition) is 4. The van der Waals surface area contributed by atoms with Crippen LogP contribution in [0.5, 0.6) is 0 Å². The summed E-state index contributed by atoms with van der Waals surface area (Å²) < 4.78 is 5.54. The third-order valence-corrected chi connectivity index (χ3v) is 4.11. The molecule has 1 aliphatic rings. The molecule has 1 aliphatic heterocycles. The number of morpholine rings is 1. The minimum absolute atomic E-state index is 0. The van der Waals surface area contributed by atoms with Crippen molar-refractivity contribution >= 4 is 35.8 Å². The van der Waals surface area contributed by atoms with E-state index < -0.39 is 0 Å². The Bertz CT molecular complexity index is 468. The third-order valence-electron chi connectivity index (χ3n) is 2.99. The summed E-state index contributed by atoms with van der Waals surface area (Å²) >= 11 is 1.82. The van der Waals surface area contributed by atoms with Crippen molar-refractivity contribution in [2.45, 2.75) is 42.9 Å². The van der Waals surface area contributed by atoms with Gasteiger partial charge in [0.25, 0.3) is 0 Å². The van der Waals surface area contributed by atoms with Gasteiger partial charge in [-0.2, -0.15) is 0 Å². The standard InChI is InChI=1S/C16H24N2O2S.ClH/c1-16(2,3)21-14-6-4-12(5-7-14)18-15(19)10-13-11-20-9-8-17-13;/h4-7,13,17H,8-11H2,1-3H3,(H,18,19);1H. The lowest BCUT2D eigenvalue weighted by molar-refractivity contribution is -0.117. The number of carbonyl (C=O) groups excluding carboxylic acids is 1. The quantitative estimate of drug-likeness (QED) is 0.823. The van der Waals surface area contributed by atoms with E-state index in [0.29, 0.717) is 13.0 Å². The van der Waals surface area contributed by atoms with Crippen molar-refractivity contribution in [3.63, 3.8) is 0 Å². The molecule has 1 atom stereocenters. The first kappa shape index (κ1) is 19.3. The predicted octanol–water partition coefficient (Wildman–Crippen LogP) is 3.32. The number of anilines is 1. The van der Waals surface area contributed by atoms with E-state index in [1.807, 2.05) is 36.0 Å². The highest BCUT2D eigenvalue weighted by atomic mass is 35.5. The van der Waals surface area contributed by atoms with E-state index in [1.54, 1.807) is 0 Å². The molecule has 0 aliphatic carbocycles. The Kier molecular flexibility index (Phi) is 7.69. The monoisotopic (exact) mass is 344 g/mol. The summed E-state index contributed by atoms with van der Waals surface area (Å²) in [4.78, 5) is 13.2. The average molecular weight is 345 g/mol. The maximum atomic E-state index is 12.0. The molecule has 0 spiro atoms.